The van der Waals surface area contributed by atoms with E-state index in [1.54, 1.807) is 26.0 Å². The predicted octanol–water partition coefficient (Wildman–Crippen LogP) is 2.98. The average Bonchev–Trinajstić information content (AvgIpc) is 2.39. The van der Waals surface area contributed by atoms with E-state index in [-0.39, 0.29) is 18.3 Å². The summed E-state index contributed by atoms with van der Waals surface area (Å²) >= 11 is 0. The van der Waals surface area contributed by atoms with E-state index in [1.807, 2.05) is 4.90 Å². The van der Waals surface area contributed by atoms with Crippen molar-refractivity contribution in [2.75, 3.05) is 31.1 Å². The lowest BCUT2D eigenvalue weighted by Crippen LogP contribution is -2.54. The highest BCUT2D eigenvalue weighted by Gasteiger charge is 2.36. The van der Waals surface area contributed by atoms with Gasteiger partial charge in [0.15, 0.2) is 0 Å². The predicted molar refractivity (Wildman–Crippen MR) is 77.1 cm³/mol. The number of piperazine rings is 1. The van der Waals surface area contributed by atoms with Gasteiger partial charge in [0.25, 0.3) is 5.69 Å². The van der Waals surface area contributed by atoms with Crippen LogP contribution >= 0.6 is 0 Å². The van der Waals surface area contributed by atoms with Gasteiger partial charge in [0.05, 0.1) is 11.5 Å². The molecule has 1 atom stereocenters. The highest BCUT2D eigenvalue weighted by atomic mass is 19.4. The number of hydrogen-bond donors (Lipinski definition) is 0. The fraction of sp³-hybridized carbons (Fsp3) is 0.571. The molecule has 2 rings (SSSR count). The number of hydrogen-bond acceptors (Lipinski definition) is 4. The Kier molecular flexibility index (Phi) is 4.60. The van der Waals surface area contributed by atoms with Crippen LogP contribution in [0.1, 0.15) is 12.5 Å². The first-order valence-corrected chi connectivity index (χ1v) is 6.99. The van der Waals surface area contributed by atoms with Crippen molar-refractivity contribution >= 4 is 11.4 Å². The fourth-order valence-electron chi connectivity index (χ4n) is 2.87. The number of benzene rings is 1. The normalized spacial score (nSPS) is 20.2. The van der Waals surface area contributed by atoms with Crippen LogP contribution in [0.5, 0.6) is 0 Å². The quantitative estimate of drug-likeness (QED) is 0.635. The standard InChI is InChI=1S/C14H18F3N3O2/c1-10-4-3-5-12(20(21)22)13(10)18-6-7-19(11(2)8-18)9-14(15,16)17/h3-5,11H,6-9H2,1-2H3. The summed E-state index contributed by atoms with van der Waals surface area (Å²) < 4.78 is 37.6. The van der Waals surface area contributed by atoms with Gasteiger partial charge in [-0.25, -0.2) is 0 Å². The first kappa shape index (κ1) is 16.5. The first-order chi connectivity index (χ1) is 10.2. The van der Waals surface area contributed by atoms with Gasteiger partial charge in [-0.15, -0.1) is 0 Å². The highest BCUT2D eigenvalue weighted by molar-refractivity contribution is 5.68. The van der Waals surface area contributed by atoms with Gasteiger partial charge < -0.3 is 4.90 Å². The summed E-state index contributed by atoms with van der Waals surface area (Å²) in [7, 11) is 0. The molecule has 1 saturated heterocycles. The van der Waals surface area contributed by atoms with Crippen molar-refractivity contribution in [1.29, 1.82) is 0 Å². The number of aryl methyl sites for hydroxylation is 1. The van der Waals surface area contributed by atoms with Crippen LogP contribution in [0.4, 0.5) is 24.5 Å². The number of rotatable bonds is 3. The molecule has 1 aromatic carbocycles. The van der Waals surface area contributed by atoms with Crippen molar-refractivity contribution in [2.45, 2.75) is 26.1 Å². The summed E-state index contributed by atoms with van der Waals surface area (Å²) in [5.74, 6) is 0. The topological polar surface area (TPSA) is 49.6 Å². The van der Waals surface area contributed by atoms with Crippen LogP contribution in [0.25, 0.3) is 0 Å². The van der Waals surface area contributed by atoms with Crippen LogP contribution < -0.4 is 4.90 Å². The largest absolute Gasteiger partial charge is 0.401 e. The molecule has 1 aliphatic heterocycles. The number of halogens is 3. The zero-order chi connectivity index (χ0) is 16.5. The molecule has 22 heavy (non-hydrogen) atoms. The Labute approximate surface area is 126 Å². The molecular weight excluding hydrogens is 299 g/mol. The van der Waals surface area contributed by atoms with Crippen LogP contribution in [-0.4, -0.2) is 48.2 Å². The first-order valence-electron chi connectivity index (χ1n) is 6.99. The Morgan fingerprint density at radius 3 is 2.59 bits per heavy atom. The van der Waals surface area contributed by atoms with Crippen LogP contribution in [0.3, 0.4) is 0 Å². The minimum atomic E-state index is -4.23. The zero-order valence-corrected chi connectivity index (χ0v) is 12.4. The molecule has 0 aromatic heterocycles. The van der Waals surface area contributed by atoms with E-state index in [0.717, 1.165) is 5.56 Å². The maximum atomic E-state index is 12.5. The summed E-state index contributed by atoms with van der Waals surface area (Å²) in [5.41, 5.74) is 1.26. The van der Waals surface area contributed by atoms with E-state index in [1.165, 1.54) is 11.0 Å². The fourth-order valence-corrected chi connectivity index (χ4v) is 2.87. The second kappa shape index (κ2) is 6.12. The van der Waals surface area contributed by atoms with Gasteiger partial charge in [0.1, 0.15) is 5.69 Å². The van der Waals surface area contributed by atoms with Gasteiger partial charge in [-0.1, -0.05) is 12.1 Å². The van der Waals surface area contributed by atoms with Crippen LogP contribution in [0, 0.1) is 17.0 Å². The molecule has 8 heteroatoms. The molecule has 1 aromatic rings. The molecule has 5 nitrogen and oxygen atoms in total. The molecule has 0 saturated carbocycles. The second-order valence-corrected chi connectivity index (χ2v) is 5.58. The van der Waals surface area contributed by atoms with Crippen LogP contribution in [-0.2, 0) is 0 Å². The van der Waals surface area contributed by atoms with E-state index < -0.39 is 17.6 Å². The van der Waals surface area contributed by atoms with Crippen molar-refractivity contribution in [1.82, 2.24) is 4.90 Å². The Hall–Kier alpha value is -1.83. The lowest BCUT2D eigenvalue weighted by atomic mass is 10.1. The Morgan fingerprint density at radius 1 is 1.36 bits per heavy atom. The van der Waals surface area contributed by atoms with E-state index in [0.29, 0.717) is 18.8 Å². The molecule has 0 bridgehead atoms. The zero-order valence-electron chi connectivity index (χ0n) is 12.4. The van der Waals surface area contributed by atoms with Crippen molar-refractivity contribution in [3.8, 4) is 0 Å². The van der Waals surface area contributed by atoms with Gasteiger partial charge in [-0.2, -0.15) is 13.2 Å². The molecule has 0 amide bonds. The monoisotopic (exact) mass is 317 g/mol. The lowest BCUT2D eigenvalue weighted by molar-refractivity contribution is -0.384. The van der Waals surface area contributed by atoms with Gasteiger partial charge in [-0.3, -0.25) is 15.0 Å². The lowest BCUT2D eigenvalue weighted by Gasteiger charge is -2.41. The minimum absolute atomic E-state index is 0.00327. The number of anilines is 1. The number of alkyl halides is 3. The molecule has 1 unspecified atom stereocenters. The maximum absolute atomic E-state index is 12.5. The summed E-state index contributed by atoms with van der Waals surface area (Å²) in [6, 6.07) is 4.49. The molecule has 1 aliphatic rings. The number of nitrogens with zero attached hydrogens (tertiary/aromatic N) is 3. The van der Waals surface area contributed by atoms with Gasteiger partial charge >= 0.3 is 6.18 Å². The smallest absolute Gasteiger partial charge is 0.363 e. The van der Waals surface area contributed by atoms with E-state index >= 15 is 0 Å². The minimum Gasteiger partial charge on any atom is -0.363 e. The third-order valence-electron chi connectivity index (χ3n) is 3.88. The molecule has 0 radical (unpaired) electrons. The maximum Gasteiger partial charge on any atom is 0.401 e. The molecule has 1 fully saturated rings. The molecular formula is C14H18F3N3O2. The van der Waals surface area contributed by atoms with E-state index in [9.17, 15) is 23.3 Å². The summed E-state index contributed by atoms with van der Waals surface area (Å²) in [5, 5.41) is 11.2. The molecule has 122 valence electrons. The SMILES string of the molecule is Cc1cccc([N+](=O)[O-])c1N1CCN(CC(F)(F)F)C(C)C1. The molecule has 1 heterocycles. The highest BCUT2D eigenvalue weighted by Crippen LogP contribution is 2.33. The van der Waals surface area contributed by atoms with Gasteiger partial charge in [-0.05, 0) is 19.4 Å². The second-order valence-electron chi connectivity index (χ2n) is 5.58. The van der Waals surface area contributed by atoms with Gasteiger partial charge in [0.2, 0.25) is 0 Å². The van der Waals surface area contributed by atoms with E-state index in [4.69, 9.17) is 0 Å². The molecule has 0 spiro atoms. The van der Waals surface area contributed by atoms with Crippen molar-refractivity contribution in [3.05, 3.63) is 33.9 Å². The Balaban J connectivity index is 2.19. The number of nitro benzene ring substituents is 1. The van der Waals surface area contributed by atoms with Gasteiger partial charge in [0, 0.05) is 31.7 Å². The number of para-hydroxylation sites is 1. The van der Waals surface area contributed by atoms with E-state index in [2.05, 4.69) is 0 Å². The Bertz CT molecular complexity index is 563. The summed E-state index contributed by atoms with van der Waals surface area (Å²) in [4.78, 5) is 13.9. The third kappa shape index (κ3) is 3.68. The Morgan fingerprint density at radius 2 is 2.05 bits per heavy atom. The summed E-state index contributed by atoms with van der Waals surface area (Å²) in [6.07, 6.45) is -4.23. The molecule has 0 aliphatic carbocycles. The van der Waals surface area contributed by atoms with Crippen molar-refractivity contribution < 1.29 is 18.1 Å². The van der Waals surface area contributed by atoms with Crippen molar-refractivity contribution in [2.24, 2.45) is 0 Å². The molecule has 0 N–H and O–H groups in total. The van der Waals surface area contributed by atoms with Crippen molar-refractivity contribution in [3.63, 3.8) is 0 Å². The van der Waals surface area contributed by atoms with Crippen LogP contribution in [0.2, 0.25) is 0 Å². The average molecular weight is 317 g/mol. The van der Waals surface area contributed by atoms with Crippen LogP contribution in [0.15, 0.2) is 18.2 Å². The number of nitro groups is 1. The summed E-state index contributed by atoms with van der Waals surface area (Å²) in [6.45, 7) is 3.44. The third-order valence-corrected chi connectivity index (χ3v) is 3.88.